The minimum atomic E-state index is 0.370. The van der Waals surface area contributed by atoms with E-state index >= 15 is 0 Å². The van der Waals surface area contributed by atoms with Gasteiger partial charge in [0, 0.05) is 5.92 Å². The zero-order valence-corrected chi connectivity index (χ0v) is 8.68. The summed E-state index contributed by atoms with van der Waals surface area (Å²) >= 11 is 3.23. The molecule has 0 saturated heterocycles. The Morgan fingerprint density at radius 2 is 2.42 bits per heavy atom. The van der Waals surface area contributed by atoms with Crippen LogP contribution in [0.4, 0.5) is 0 Å². The van der Waals surface area contributed by atoms with Gasteiger partial charge in [-0.2, -0.15) is 0 Å². The van der Waals surface area contributed by atoms with Crippen molar-refractivity contribution in [3.63, 3.8) is 0 Å². The summed E-state index contributed by atoms with van der Waals surface area (Å²) < 4.78 is 0.674. The van der Waals surface area contributed by atoms with Crippen molar-refractivity contribution in [3.05, 3.63) is 16.1 Å². The third-order valence-corrected chi connectivity index (χ3v) is 2.50. The number of carbonyl (C=O) groups excluding carboxylic acids is 1. The second-order valence-corrected chi connectivity index (χ2v) is 3.54. The Hall–Kier alpha value is -0.640. The molecule has 0 radical (unpaired) electrons. The third-order valence-electron chi connectivity index (χ3n) is 1.89. The van der Waals surface area contributed by atoms with Crippen molar-refractivity contribution in [3.8, 4) is 0 Å². The SMILES string of the molecule is CCC(C)c1nc(C=O)c(Br)[nH]1. The highest BCUT2D eigenvalue weighted by Crippen LogP contribution is 2.19. The van der Waals surface area contributed by atoms with Crippen molar-refractivity contribution < 1.29 is 4.79 Å². The van der Waals surface area contributed by atoms with E-state index in [0.717, 1.165) is 18.5 Å². The van der Waals surface area contributed by atoms with Gasteiger partial charge in [0.05, 0.1) is 0 Å². The summed E-state index contributed by atoms with van der Waals surface area (Å²) in [6.07, 6.45) is 1.75. The van der Waals surface area contributed by atoms with Crippen LogP contribution in [0.5, 0.6) is 0 Å². The minimum Gasteiger partial charge on any atom is -0.336 e. The molecule has 0 fully saturated rings. The zero-order valence-electron chi connectivity index (χ0n) is 7.10. The maximum atomic E-state index is 10.4. The van der Waals surface area contributed by atoms with Crippen LogP contribution < -0.4 is 0 Å². The fourth-order valence-corrected chi connectivity index (χ4v) is 1.27. The van der Waals surface area contributed by atoms with E-state index in [9.17, 15) is 4.79 Å². The number of aldehydes is 1. The minimum absolute atomic E-state index is 0.370. The molecule has 12 heavy (non-hydrogen) atoms. The van der Waals surface area contributed by atoms with Crippen LogP contribution in [0, 0.1) is 0 Å². The topological polar surface area (TPSA) is 45.8 Å². The molecular formula is C8H11BrN2O. The second-order valence-electron chi connectivity index (χ2n) is 2.75. The first kappa shape index (κ1) is 9.45. The Kier molecular flexibility index (Phi) is 3.03. The van der Waals surface area contributed by atoms with Crippen LogP contribution in [0.15, 0.2) is 4.60 Å². The highest BCUT2D eigenvalue weighted by atomic mass is 79.9. The average Bonchev–Trinajstić information content (AvgIpc) is 2.45. The molecule has 0 aromatic carbocycles. The Balaban J connectivity index is 2.96. The molecule has 4 heteroatoms. The van der Waals surface area contributed by atoms with Gasteiger partial charge in [-0.3, -0.25) is 4.79 Å². The first-order chi connectivity index (χ1) is 5.69. The molecule has 0 aliphatic heterocycles. The monoisotopic (exact) mass is 230 g/mol. The van der Waals surface area contributed by atoms with Crippen molar-refractivity contribution in [1.82, 2.24) is 9.97 Å². The van der Waals surface area contributed by atoms with Crippen LogP contribution in [-0.4, -0.2) is 16.3 Å². The van der Waals surface area contributed by atoms with Gasteiger partial charge in [0.2, 0.25) is 0 Å². The standard InChI is InChI=1S/C8H11BrN2O/c1-3-5(2)8-10-6(4-12)7(9)11-8/h4-5H,3H2,1-2H3,(H,10,11). The lowest BCUT2D eigenvalue weighted by atomic mass is 10.1. The predicted octanol–water partition coefficient (Wildman–Crippen LogP) is 2.50. The summed E-state index contributed by atoms with van der Waals surface area (Å²) in [5, 5.41) is 0. The zero-order chi connectivity index (χ0) is 9.14. The van der Waals surface area contributed by atoms with E-state index < -0.39 is 0 Å². The largest absolute Gasteiger partial charge is 0.336 e. The fraction of sp³-hybridized carbons (Fsp3) is 0.500. The molecule has 0 aliphatic rings. The Labute approximate surface area is 79.7 Å². The molecule has 0 saturated carbocycles. The Morgan fingerprint density at radius 3 is 2.83 bits per heavy atom. The molecule has 1 N–H and O–H groups in total. The van der Waals surface area contributed by atoms with E-state index in [1.54, 1.807) is 0 Å². The van der Waals surface area contributed by atoms with Crippen LogP contribution in [0.2, 0.25) is 0 Å². The third kappa shape index (κ3) is 1.75. The van der Waals surface area contributed by atoms with Crippen molar-refractivity contribution in [2.45, 2.75) is 26.2 Å². The van der Waals surface area contributed by atoms with Crippen LogP contribution >= 0.6 is 15.9 Å². The molecule has 66 valence electrons. The smallest absolute Gasteiger partial charge is 0.171 e. The average molecular weight is 231 g/mol. The number of imidazole rings is 1. The molecule has 1 unspecified atom stereocenters. The molecule has 1 aromatic heterocycles. The van der Waals surface area contributed by atoms with Crippen LogP contribution in [-0.2, 0) is 0 Å². The number of nitrogens with one attached hydrogen (secondary N) is 1. The van der Waals surface area contributed by atoms with Crippen molar-refractivity contribution in [2.75, 3.05) is 0 Å². The van der Waals surface area contributed by atoms with Gasteiger partial charge in [0.15, 0.2) is 6.29 Å². The van der Waals surface area contributed by atoms with Gasteiger partial charge < -0.3 is 4.98 Å². The lowest BCUT2D eigenvalue weighted by molar-refractivity contribution is 0.111. The number of aromatic nitrogens is 2. The van der Waals surface area contributed by atoms with Gasteiger partial charge in [-0.15, -0.1) is 0 Å². The summed E-state index contributed by atoms with van der Waals surface area (Å²) in [7, 11) is 0. The highest BCUT2D eigenvalue weighted by molar-refractivity contribution is 9.10. The molecule has 0 spiro atoms. The van der Waals surface area contributed by atoms with Gasteiger partial charge in [-0.1, -0.05) is 13.8 Å². The maximum Gasteiger partial charge on any atom is 0.171 e. The number of carbonyl (C=O) groups is 1. The van der Waals surface area contributed by atoms with Crippen molar-refractivity contribution in [1.29, 1.82) is 0 Å². The van der Waals surface area contributed by atoms with Crippen molar-refractivity contribution >= 4 is 22.2 Å². The maximum absolute atomic E-state index is 10.4. The first-order valence-electron chi connectivity index (χ1n) is 3.89. The fourth-order valence-electron chi connectivity index (χ4n) is 0.888. The predicted molar refractivity (Wildman–Crippen MR) is 50.4 cm³/mol. The van der Waals surface area contributed by atoms with E-state index in [0.29, 0.717) is 16.2 Å². The number of rotatable bonds is 3. The van der Waals surface area contributed by atoms with Crippen LogP contribution in [0.1, 0.15) is 42.5 Å². The summed E-state index contributed by atoms with van der Waals surface area (Å²) in [5.74, 6) is 1.24. The molecule has 1 atom stereocenters. The summed E-state index contributed by atoms with van der Waals surface area (Å²) in [5.41, 5.74) is 0.449. The lowest BCUT2D eigenvalue weighted by Crippen LogP contribution is -1.93. The van der Waals surface area contributed by atoms with E-state index in [2.05, 4.69) is 39.7 Å². The highest BCUT2D eigenvalue weighted by Gasteiger charge is 2.10. The number of hydrogen-bond acceptors (Lipinski definition) is 2. The molecular weight excluding hydrogens is 220 g/mol. The molecule has 1 rings (SSSR count). The molecule has 0 bridgehead atoms. The molecule has 1 heterocycles. The summed E-state index contributed by atoms with van der Waals surface area (Å²) in [4.78, 5) is 17.6. The summed E-state index contributed by atoms with van der Waals surface area (Å²) in [6, 6.07) is 0. The molecule has 0 amide bonds. The van der Waals surface area contributed by atoms with Crippen LogP contribution in [0.3, 0.4) is 0 Å². The van der Waals surface area contributed by atoms with E-state index in [4.69, 9.17) is 0 Å². The van der Waals surface area contributed by atoms with Gasteiger partial charge >= 0.3 is 0 Å². The number of hydrogen-bond donors (Lipinski definition) is 1. The van der Waals surface area contributed by atoms with Crippen LogP contribution in [0.25, 0.3) is 0 Å². The van der Waals surface area contributed by atoms with E-state index in [1.165, 1.54) is 0 Å². The lowest BCUT2D eigenvalue weighted by Gasteiger charge is -2.01. The quantitative estimate of drug-likeness (QED) is 0.812. The molecule has 3 nitrogen and oxygen atoms in total. The van der Waals surface area contributed by atoms with E-state index in [1.807, 2.05) is 0 Å². The van der Waals surface area contributed by atoms with Gasteiger partial charge in [-0.25, -0.2) is 4.98 Å². The number of H-pyrrole nitrogens is 1. The Bertz CT molecular complexity index is 283. The number of halogens is 1. The van der Waals surface area contributed by atoms with Gasteiger partial charge in [-0.05, 0) is 22.4 Å². The van der Waals surface area contributed by atoms with Gasteiger partial charge in [0.25, 0.3) is 0 Å². The van der Waals surface area contributed by atoms with E-state index in [-0.39, 0.29) is 0 Å². The second kappa shape index (κ2) is 3.85. The number of aromatic amines is 1. The number of nitrogens with zero attached hydrogens (tertiary/aromatic N) is 1. The molecule has 0 aliphatic carbocycles. The first-order valence-corrected chi connectivity index (χ1v) is 4.68. The summed E-state index contributed by atoms with van der Waals surface area (Å²) in [6.45, 7) is 4.15. The van der Waals surface area contributed by atoms with Gasteiger partial charge in [0.1, 0.15) is 16.1 Å². The van der Waals surface area contributed by atoms with Crippen molar-refractivity contribution in [2.24, 2.45) is 0 Å². The Morgan fingerprint density at radius 1 is 1.75 bits per heavy atom. The normalized spacial score (nSPS) is 12.9. The molecule has 1 aromatic rings.